The van der Waals surface area contributed by atoms with E-state index in [1.165, 1.54) is 38.3 Å². The number of aromatic nitrogens is 2. The average molecular weight is 312 g/mol. The van der Waals surface area contributed by atoms with E-state index in [-0.39, 0.29) is 17.5 Å². The molecule has 0 aliphatic carbocycles. The van der Waals surface area contributed by atoms with E-state index >= 15 is 0 Å². The number of halogens is 3. The quantitative estimate of drug-likeness (QED) is 0.813. The van der Waals surface area contributed by atoms with Gasteiger partial charge in [0.25, 0.3) is 0 Å². The molecule has 2 aromatic rings. The van der Waals surface area contributed by atoms with Crippen LogP contribution < -0.4 is 4.74 Å². The van der Waals surface area contributed by atoms with Crippen LogP contribution >= 0.6 is 0 Å². The molecule has 1 heterocycles. The summed E-state index contributed by atoms with van der Waals surface area (Å²) in [5, 5.41) is 0. The number of alkyl halides is 3. The van der Waals surface area contributed by atoms with Crippen molar-refractivity contribution in [2.45, 2.75) is 13.1 Å². The van der Waals surface area contributed by atoms with E-state index in [4.69, 9.17) is 4.74 Å². The van der Waals surface area contributed by atoms with E-state index in [2.05, 4.69) is 14.7 Å². The Bertz CT molecular complexity index is 685. The van der Waals surface area contributed by atoms with Gasteiger partial charge in [-0.1, -0.05) is 0 Å². The van der Waals surface area contributed by atoms with Crippen molar-refractivity contribution in [1.29, 1.82) is 0 Å². The Morgan fingerprint density at radius 2 is 1.77 bits per heavy atom. The summed E-state index contributed by atoms with van der Waals surface area (Å²) in [6.07, 6.45) is -4.58. The van der Waals surface area contributed by atoms with Crippen molar-refractivity contribution in [3.63, 3.8) is 0 Å². The highest BCUT2D eigenvalue weighted by atomic mass is 19.4. The molecule has 5 nitrogen and oxygen atoms in total. The largest absolute Gasteiger partial charge is 0.465 e. The van der Waals surface area contributed by atoms with Crippen molar-refractivity contribution in [2.24, 2.45) is 0 Å². The van der Waals surface area contributed by atoms with Crippen LogP contribution in [0, 0.1) is 6.92 Å². The molecule has 0 aliphatic rings. The monoisotopic (exact) mass is 312 g/mol. The SMILES string of the molecule is COC(=O)c1ccc(Oc2cc(C(F)(F)F)nc(C)n2)cc1. The zero-order valence-electron chi connectivity index (χ0n) is 11.6. The zero-order chi connectivity index (χ0) is 16.3. The van der Waals surface area contributed by atoms with Gasteiger partial charge < -0.3 is 9.47 Å². The molecule has 0 N–H and O–H groups in total. The van der Waals surface area contributed by atoms with Gasteiger partial charge in [0.1, 0.15) is 11.6 Å². The molecule has 0 atom stereocenters. The number of nitrogens with zero attached hydrogens (tertiary/aromatic N) is 2. The maximum absolute atomic E-state index is 12.7. The molecule has 22 heavy (non-hydrogen) atoms. The summed E-state index contributed by atoms with van der Waals surface area (Å²) in [6.45, 7) is 1.34. The number of ether oxygens (including phenoxy) is 2. The number of carbonyl (C=O) groups is 1. The smallest absolute Gasteiger partial charge is 0.433 e. The Balaban J connectivity index is 2.24. The number of methoxy groups -OCH3 is 1. The first kappa shape index (κ1) is 15.7. The van der Waals surface area contributed by atoms with Crippen molar-refractivity contribution in [1.82, 2.24) is 9.97 Å². The lowest BCUT2D eigenvalue weighted by Gasteiger charge is -2.10. The lowest BCUT2D eigenvalue weighted by atomic mass is 10.2. The van der Waals surface area contributed by atoms with Crippen molar-refractivity contribution in [3.05, 3.63) is 47.4 Å². The van der Waals surface area contributed by atoms with Crippen molar-refractivity contribution < 1.29 is 27.4 Å². The van der Waals surface area contributed by atoms with Crippen LogP contribution in [-0.2, 0) is 10.9 Å². The Morgan fingerprint density at radius 1 is 1.14 bits per heavy atom. The molecule has 1 aromatic carbocycles. The Labute approximate surface area is 123 Å². The van der Waals surface area contributed by atoms with Crippen molar-refractivity contribution in [3.8, 4) is 11.6 Å². The second-order valence-corrected chi connectivity index (χ2v) is 4.25. The van der Waals surface area contributed by atoms with Crippen LogP contribution in [0.3, 0.4) is 0 Å². The van der Waals surface area contributed by atoms with Gasteiger partial charge in [0.2, 0.25) is 5.88 Å². The third-order valence-corrected chi connectivity index (χ3v) is 2.60. The topological polar surface area (TPSA) is 61.3 Å². The third kappa shape index (κ3) is 3.72. The van der Waals surface area contributed by atoms with E-state index in [1.54, 1.807) is 0 Å². The first-order valence-corrected chi connectivity index (χ1v) is 6.08. The molecule has 116 valence electrons. The molecule has 1 aromatic heterocycles. The van der Waals surface area contributed by atoms with Gasteiger partial charge in [-0.3, -0.25) is 0 Å². The summed E-state index contributed by atoms with van der Waals surface area (Å²) >= 11 is 0. The van der Waals surface area contributed by atoms with Gasteiger partial charge in [-0.25, -0.2) is 9.78 Å². The molecular formula is C14H11F3N2O3. The predicted molar refractivity (Wildman–Crippen MR) is 69.6 cm³/mol. The number of esters is 1. The van der Waals surface area contributed by atoms with Crippen LogP contribution in [-0.4, -0.2) is 23.0 Å². The number of aryl methyl sites for hydroxylation is 1. The number of hydrogen-bond donors (Lipinski definition) is 0. The highest BCUT2D eigenvalue weighted by Gasteiger charge is 2.33. The molecular weight excluding hydrogens is 301 g/mol. The number of carbonyl (C=O) groups excluding carboxylic acids is 1. The van der Waals surface area contributed by atoms with Crippen molar-refractivity contribution >= 4 is 5.97 Å². The summed E-state index contributed by atoms with van der Waals surface area (Å²) in [5.41, 5.74) is -0.786. The van der Waals surface area contributed by atoms with Crippen LogP contribution in [0.15, 0.2) is 30.3 Å². The van der Waals surface area contributed by atoms with Gasteiger partial charge in [0.05, 0.1) is 12.7 Å². The molecule has 0 bridgehead atoms. The summed E-state index contributed by atoms with van der Waals surface area (Å²) < 4.78 is 47.8. The zero-order valence-corrected chi connectivity index (χ0v) is 11.6. The minimum atomic E-state index is -4.58. The van der Waals surface area contributed by atoms with E-state index in [1.807, 2.05) is 0 Å². The fourth-order valence-corrected chi connectivity index (χ4v) is 1.64. The molecule has 0 fully saturated rings. The van der Waals surface area contributed by atoms with Crippen LogP contribution in [0.1, 0.15) is 21.9 Å². The van der Waals surface area contributed by atoms with Crippen LogP contribution in [0.4, 0.5) is 13.2 Å². The van der Waals surface area contributed by atoms with E-state index < -0.39 is 17.8 Å². The summed E-state index contributed by atoms with van der Waals surface area (Å²) in [7, 11) is 1.25. The molecule has 0 saturated heterocycles. The van der Waals surface area contributed by atoms with Crippen LogP contribution in [0.5, 0.6) is 11.6 Å². The molecule has 0 aliphatic heterocycles. The molecule has 0 unspecified atom stereocenters. The van der Waals surface area contributed by atoms with E-state index in [9.17, 15) is 18.0 Å². The van der Waals surface area contributed by atoms with E-state index in [0.29, 0.717) is 11.6 Å². The molecule has 2 rings (SSSR count). The predicted octanol–water partition coefficient (Wildman–Crippen LogP) is 3.38. The molecule has 0 spiro atoms. The first-order chi connectivity index (χ1) is 10.3. The van der Waals surface area contributed by atoms with E-state index in [0.717, 1.165) is 0 Å². The van der Waals surface area contributed by atoms with Gasteiger partial charge >= 0.3 is 12.1 Å². The third-order valence-electron chi connectivity index (χ3n) is 2.60. The van der Waals surface area contributed by atoms with Gasteiger partial charge in [-0.15, -0.1) is 0 Å². The van der Waals surface area contributed by atoms with Gasteiger partial charge in [-0.05, 0) is 31.2 Å². The summed E-state index contributed by atoms with van der Waals surface area (Å²) in [5.74, 6) is -0.579. The molecule has 0 amide bonds. The summed E-state index contributed by atoms with van der Waals surface area (Å²) in [4.78, 5) is 18.4. The fourth-order valence-electron chi connectivity index (χ4n) is 1.64. The van der Waals surface area contributed by atoms with Crippen molar-refractivity contribution in [2.75, 3.05) is 7.11 Å². The Hall–Kier alpha value is -2.64. The maximum Gasteiger partial charge on any atom is 0.433 e. The lowest BCUT2D eigenvalue weighted by molar-refractivity contribution is -0.141. The first-order valence-electron chi connectivity index (χ1n) is 6.08. The molecule has 8 heteroatoms. The van der Waals surface area contributed by atoms with Crippen LogP contribution in [0.2, 0.25) is 0 Å². The Morgan fingerprint density at radius 3 is 2.32 bits per heavy atom. The number of hydrogen-bond acceptors (Lipinski definition) is 5. The van der Waals surface area contributed by atoms with Gasteiger partial charge in [-0.2, -0.15) is 18.2 Å². The number of rotatable bonds is 3. The molecule has 0 radical (unpaired) electrons. The second-order valence-electron chi connectivity index (χ2n) is 4.25. The number of benzene rings is 1. The normalized spacial score (nSPS) is 11.1. The minimum Gasteiger partial charge on any atom is -0.465 e. The van der Waals surface area contributed by atoms with Crippen LogP contribution in [0.25, 0.3) is 0 Å². The highest BCUT2D eigenvalue weighted by Crippen LogP contribution is 2.30. The highest BCUT2D eigenvalue weighted by molar-refractivity contribution is 5.89. The second kappa shape index (κ2) is 6.00. The Kier molecular flexibility index (Phi) is 4.30. The summed E-state index contributed by atoms with van der Waals surface area (Å²) in [6, 6.07) is 6.43. The minimum absolute atomic E-state index is 0.0593. The fraction of sp³-hybridized carbons (Fsp3) is 0.214. The van der Waals surface area contributed by atoms with Gasteiger partial charge in [0.15, 0.2) is 5.69 Å². The van der Waals surface area contributed by atoms with Gasteiger partial charge in [0, 0.05) is 6.07 Å². The maximum atomic E-state index is 12.7. The molecule has 0 saturated carbocycles. The average Bonchev–Trinajstić information content (AvgIpc) is 2.45. The standard InChI is InChI=1S/C14H11F3N2O3/c1-8-18-11(14(15,16)17)7-12(19-8)22-10-5-3-9(4-6-10)13(20)21-2/h3-7H,1-2H3. The lowest BCUT2D eigenvalue weighted by Crippen LogP contribution is -2.10.